The van der Waals surface area contributed by atoms with Gasteiger partial charge in [0.15, 0.2) is 11.3 Å². The van der Waals surface area contributed by atoms with Crippen molar-refractivity contribution in [3.8, 4) is 0 Å². The molecule has 0 unspecified atom stereocenters. The van der Waals surface area contributed by atoms with Crippen molar-refractivity contribution in [1.82, 2.24) is 19.9 Å². The van der Waals surface area contributed by atoms with Crippen LogP contribution in [0.4, 0.5) is 13.2 Å². The van der Waals surface area contributed by atoms with E-state index in [1.807, 2.05) is 0 Å². The topological polar surface area (TPSA) is 59.3 Å². The number of rotatable bonds is 2. The highest BCUT2D eigenvalue weighted by Gasteiger charge is 2.34. The van der Waals surface area contributed by atoms with Crippen LogP contribution in [-0.4, -0.2) is 26.5 Å². The van der Waals surface area contributed by atoms with Crippen LogP contribution in [0.3, 0.4) is 0 Å². The zero-order valence-corrected chi connectivity index (χ0v) is 10.2. The molecule has 0 spiro atoms. The lowest BCUT2D eigenvalue weighted by Gasteiger charge is -2.07. The van der Waals surface area contributed by atoms with Gasteiger partial charge in [-0.1, -0.05) is 0 Å². The molecule has 5 nitrogen and oxygen atoms in total. The van der Waals surface area contributed by atoms with E-state index in [1.165, 1.54) is 6.07 Å². The van der Waals surface area contributed by atoms with E-state index < -0.39 is 17.8 Å². The van der Waals surface area contributed by atoms with Gasteiger partial charge in [-0.15, -0.1) is 0 Å². The molecule has 0 aliphatic heterocycles. The maximum Gasteiger partial charge on any atom is 0.433 e. The van der Waals surface area contributed by atoms with Gasteiger partial charge in [0.2, 0.25) is 0 Å². The molecule has 0 saturated heterocycles. The quantitative estimate of drug-likeness (QED) is 0.908. The third kappa shape index (κ3) is 2.67. The molecular formula is C11H11F3N4O. The van der Waals surface area contributed by atoms with Crippen molar-refractivity contribution in [2.24, 2.45) is 0 Å². The number of amides is 1. The summed E-state index contributed by atoms with van der Waals surface area (Å²) in [5.74, 6) is -0.534. The number of alkyl halides is 3. The predicted molar refractivity (Wildman–Crippen MR) is 60.6 cm³/mol. The van der Waals surface area contributed by atoms with Gasteiger partial charge in [0.25, 0.3) is 5.91 Å². The first-order valence-electron chi connectivity index (χ1n) is 5.52. The molecule has 0 aliphatic carbocycles. The maximum absolute atomic E-state index is 12.7. The molecule has 2 aromatic heterocycles. The first kappa shape index (κ1) is 13.3. The number of carbonyl (C=O) groups excluding carboxylic acids is 1. The summed E-state index contributed by atoms with van der Waals surface area (Å²) in [6, 6.07) is 1.89. The zero-order chi connectivity index (χ0) is 14.2. The summed E-state index contributed by atoms with van der Waals surface area (Å²) in [6.07, 6.45) is -3.52. The van der Waals surface area contributed by atoms with E-state index in [2.05, 4.69) is 15.4 Å². The number of halogens is 3. The third-order valence-corrected chi connectivity index (χ3v) is 2.30. The average Bonchev–Trinajstić information content (AvgIpc) is 2.69. The minimum atomic E-state index is -4.56. The van der Waals surface area contributed by atoms with E-state index in [0.29, 0.717) is 4.52 Å². The van der Waals surface area contributed by atoms with Crippen LogP contribution in [0.2, 0.25) is 0 Å². The van der Waals surface area contributed by atoms with E-state index in [4.69, 9.17) is 0 Å². The van der Waals surface area contributed by atoms with Crippen LogP contribution in [0.25, 0.3) is 5.65 Å². The summed E-state index contributed by atoms with van der Waals surface area (Å²) in [5.41, 5.74) is -1.09. The van der Waals surface area contributed by atoms with Crippen LogP contribution < -0.4 is 5.32 Å². The molecule has 0 atom stereocenters. The van der Waals surface area contributed by atoms with Crippen LogP contribution in [0, 0.1) is 0 Å². The molecule has 2 aromatic rings. The highest BCUT2D eigenvalue weighted by Crippen LogP contribution is 2.28. The van der Waals surface area contributed by atoms with Crippen molar-refractivity contribution in [3.63, 3.8) is 0 Å². The lowest BCUT2D eigenvalue weighted by Crippen LogP contribution is -2.30. The molecule has 0 aromatic carbocycles. The van der Waals surface area contributed by atoms with Gasteiger partial charge in [-0.2, -0.15) is 18.3 Å². The number of fused-ring (bicyclic) bond motifs is 1. The van der Waals surface area contributed by atoms with Gasteiger partial charge in [-0.3, -0.25) is 4.79 Å². The van der Waals surface area contributed by atoms with Gasteiger partial charge < -0.3 is 5.32 Å². The van der Waals surface area contributed by atoms with E-state index >= 15 is 0 Å². The molecule has 8 heteroatoms. The lowest BCUT2D eigenvalue weighted by molar-refractivity contribution is -0.142. The molecule has 1 amide bonds. The van der Waals surface area contributed by atoms with Gasteiger partial charge in [-0.05, 0) is 19.9 Å². The van der Waals surface area contributed by atoms with Crippen molar-refractivity contribution < 1.29 is 18.0 Å². The molecule has 2 rings (SSSR count). The normalized spacial score (nSPS) is 12.1. The molecule has 0 bridgehead atoms. The summed E-state index contributed by atoms with van der Waals surface area (Å²) >= 11 is 0. The molecular weight excluding hydrogens is 261 g/mol. The third-order valence-electron chi connectivity index (χ3n) is 2.30. The average molecular weight is 272 g/mol. The Morgan fingerprint density at radius 2 is 2.11 bits per heavy atom. The molecule has 102 valence electrons. The van der Waals surface area contributed by atoms with Crippen molar-refractivity contribution in [2.75, 3.05) is 0 Å². The Morgan fingerprint density at radius 3 is 2.68 bits per heavy atom. The Morgan fingerprint density at radius 1 is 1.42 bits per heavy atom. The summed E-state index contributed by atoms with van der Waals surface area (Å²) < 4.78 is 38.9. The number of aromatic nitrogens is 3. The van der Waals surface area contributed by atoms with Gasteiger partial charge in [-0.25, -0.2) is 9.50 Å². The predicted octanol–water partition coefficient (Wildman–Crippen LogP) is 1.89. The van der Waals surface area contributed by atoms with Crippen molar-refractivity contribution >= 4 is 11.6 Å². The highest BCUT2D eigenvalue weighted by molar-refractivity contribution is 5.93. The molecule has 1 N–H and O–H groups in total. The van der Waals surface area contributed by atoms with Crippen molar-refractivity contribution in [1.29, 1.82) is 0 Å². The lowest BCUT2D eigenvalue weighted by atomic mass is 10.3. The Kier molecular flexibility index (Phi) is 3.17. The molecule has 19 heavy (non-hydrogen) atoms. The minimum Gasteiger partial charge on any atom is -0.348 e. The van der Waals surface area contributed by atoms with E-state index in [0.717, 1.165) is 12.3 Å². The molecule has 0 fully saturated rings. The van der Waals surface area contributed by atoms with Gasteiger partial charge in [0.05, 0.1) is 0 Å². The van der Waals surface area contributed by atoms with E-state index in [1.54, 1.807) is 13.8 Å². The van der Waals surface area contributed by atoms with E-state index in [-0.39, 0.29) is 17.4 Å². The fourth-order valence-electron chi connectivity index (χ4n) is 1.56. The zero-order valence-electron chi connectivity index (χ0n) is 10.2. The molecule has 0 saturated carbocycles. The smallest absolute Gasteiger partial charge is 0.348 e. The summed E-state index contributed by atoms with van der Waals surface area (Å²) in [7, 11) is 0. The van der Waals surface area contributed by atoms with Crippen LogP contribution in [0.15, 0.2) is 18.3 Å². The van der Waals surface area contributed by atoms with Crippen LogP contribution >= 0.6 is 0 Å². The van der Waals surface area contributed by atoms with E-state index in [9.17, 15) is 18.0 Å². The van der Waals surface area contributed by atoms with Crippen molar-refractivity contribution in [2.45, 2.75) is 26.1 Å². The van der Waals surface area contributed by atoms with Crippen LogP contribution in [-0.2, 0) is 6.18 Å². The largest absolute Gasteiger partial charge is 0.433 e. The molecule has 0 aliphatic rings. The second-order valence-corrected chi connectivity index (χ2v) is 4.26. The Balaban J connectivity index is 2.49. The SMILES string of the molecule is CC(C)NC(=O)c1cc2nccc(C(F)(F)F)n2n1. The molecule has 2 heterocycles. The van der Waals surface area contributed by atoms with Gasteiger partial charge >= 0.3 is 6.18 Å². The minimum absolute atomic E-state index is 0.0243. The number of hydrogen-bond acceptors (Lipinski definition) is 3. The fourth-order valence-corrected chi connectivity index (χ4v) is 1.56. The highest BCUT2D eigenvalue weighted by atomic mass is 19.4. The summed E-state index contributed by atoms with van der Waals surface area (Å²) in [6.45, 7) is 3.49. The standard InChI is InChI=1S/C11H11F3N4O/c1-6(2)16-10(19)7-5-9-15-4-3-8(11(12,13)14)18(9)17-7/h3-6H,1-2H3,(H,16,19). The second-order valence-electron chi connectivity index (χ2n) is 4.26. The first-order chi connectivity index (χ1) is 8.79. The molecule has 0 radical (unpaired) electrons. The summed E-state index contributed by atoms with van der Waals surface area (Å²) in [5, 5.41) is 6.21. The number of nitrogens with one attached hydrogen (secondary N) is 1. The Labute approximate surface area is 106 Å². The number of nitrogens with zero attached hydrogens (tertiary/aromatic N) is 3. The first-order valence-corrected chi connectivity index (χ1v) is 5.52. The van der Waals surface area contributed by atoms with Gasteiger partial charge in [0.1, 0.15) is 5.69 Å². The Hall–Kier alpha value is -2.12. The van der Waals surface area contributed by atoms with Gasteiger partial charge in [0, 0.05) is 18.3 Å². The summed E-state index contributed by atoms with van der Waals surface area (Å²) in [4.78, 5) is 15.4. The van der Waals surface area contributed by atoms with Crippen molar-refractivity contribution in [3.05, 3.63) is 29.7 Å². The number of hydrogen-bond donors (Lipinski definition) is 1. The second kappa shape index (κ2) is 4.52. The number of carbonyl (C=O) groups is 1. The maximum atomic E-state index is 12.7. The Bertz CT molecular complexity index is 618. The fraction of sp³-hybridized carbons (Fsp3) is 0.364. The monoisotopic (exact) mass is 272 g/mol. The van der Waals surface area contributed by atoms with Crippen LogP contribution in [0.5, 0.6) is 0 Å². The van der Waals surface area contributed by atoms with Crippen LogP contribution in [0.1, 0.15) is 30.0 Å².